The number of H-pyrrole nitrogens is 1. The average Bonchev–Trinajstić information content (AvgIpc) is 3.40. The number of aromatic nitrogens is 1. The summed E-state index contributed by atoms with van der Waals surface area (Å²) in [5, 5.41) is 6.69. The Bertz CT molecular complexity index is 1300. The van der Waals surface area contributed by atoms with Crippen LogP contribution in [0, 0.1) is 0 Å². The minimum Gasteiger partial charge on any atom is -0.355 e. The molecule has 3 aromatic rings. The van der Waals surface area contributed by atoms with Crippen molar-refractivity contribution in [2.45, 2.75) is 31.5 Å². The molecule has 8 heteroatoms. The number of hydrogen-bond donors (Lipinski definition) is 3. The van der Waals surface area contributed by atoms with Gasteiger partial charge in [0.15, 0.2) is 0 Å². The number of anilines is 2. The van der Waals surface area contributed by atoms with E-state index < -0.39 is 6.04 Å². The van der Waals surface area contributed by atoms with Gasteiger partial charge in [-0.3, -0.25) is 14.4 Å². The van der Waals surface area contributed by atoms with Crippen molar-refractivity contribution in [3.05, 3.63) is 59.3 Å². The summed E-state index contributed by atoms with van der Waals surface area (Å²) in [6.07, 6.45) is 1.45. The summed E-state index contributed by atoms with van der Waals surface area (Å²) in [6, 6.07) is 13.0. The van der Waals surface area contributed by atoms with Gasteiger partial charge in [0.25, 0.3) is 5.91 Å². The molecule has 0 saturated carbocycles. The van der Waals surface area contributed by atoms with E-state index in [1.165, 1.54) is 5.56 Å². The van der Waals surface area contributed by atoms with Gasteiger partial charge in [-0.15, -0.1) is 0 Å². The number of fused-ring (bicyclic) bond motifs is 6. The molecule has 6 rings (SSSR count). The predicted octanol–water partition coefficient (Wildman–Crippen LogP) is 2.53. The van der Waals surface area contributed by atoms with Crippen LogP contribution in [0.4, 0.5) is 11.4 Å². The Hall–Kier alpha value is -3.81. The highest BCUT2D eigenvalue weighted by molar-refractivity contribution is 6.03. The molecule has 3 amide bonds. The number of rotatable bonds is 2. The highest BCUT2D eigenvalue weighted by atomic mass is 16.2. The Kier molecular flexibility index (Phi) is 4.05. The zero-order valence-corrected chi connectivity index (χ0v) is 17.6. The Morgan fingerprint density at radius 2 is 1.97 bits per heavy atom. The van der Waals surface area contributed by atoms with Crippen LogP contribution >= 0.6 is 0 Å². The lowest BCUT2D eigenvalue weighted by Gasteiger charge is -2.46. The van der Waals surface area contributed by atoms with Crippen molar-refractivity contribution in [3.8, 4) is 0 Å². The van der Waals surface area contributed by atoms with Crippen molar-refractivity contribution in [1.29, 1.82) is 0 Å². The van der Waals surface area contributed by atoms with E-state index in [0.717, 1.165) is 34.3 Å². The van der Waals surface area contributed by atoms with Gasteiger partial charge in [-0.2, -0.15) is 0 Å². The summed E-state index contributed by atoms with van der Waals surface area (Å²) in [6.45, 7) is 0.632. The second kappa shape index (κ2) is 6.85. The van der Waals surface area contributed by atoms with E-state index in [1.807, 2.05) is 54.4 Å². The Morgan fingerprint density at radius 1 is 1.12 bits per heavy atom. The van der Waals surface area contributed by atoms with Crippen LogP contribution in [-0.4, -0.2) is 47.2 Å². The van der Waals surface area contributed by atoms with Crippen LogP contribution in [0.3, 0.4) is 0 Å². The zero-order valence-electron chi connectivity index (χ0n) is 17.6. The lowest BCUT2D eigenvalue weighted by molar-refractivity contribution is -0.122. The quantitative estimate of drug-likeness (QED) is 0.583. The third-order valence-electron chi connectivity index (χ3n) is 6.82. The number of hydrogen-bond acceptors (Lipinski definition) is 4. The molecule has 2 aromatic carbocycles. The summed E-state index contributed by atoms with van der Waals surface area (Å²) < 4.78 is 0. The number of nitrogens with zero attached hydrogens (tertiary/aromatic N) is 2. The monoisotopic (exact) mass is 429 g/mol. The summed E-state index contributed by atoms with van der Waals surface area (Å²) in [5.41, 5.74) is 5.52. The van der Waals surface area contributed by atoms with Crippen molar-refractivity contribution in [3.63, 3.8) is 0 Å². The van der Waals surface area contributed by atoms with Crippen LogP contribution in [0.1, 0.15) is 40.6 Å². The largest absolute Gasteiger partial charge is 0.355 e. The molecule has 0 radical (unpaired) electrons. The van der Waals surface area contributed by atoms with Gasteiger partial charge in [-0.1, -0.05) is 12.1 Å². The Balaban J connectivity index is 1.36. The predicted molar refractivity (Wildman–Crippen MR) is 120 cm³/mol. The lowest BCUT2D eigenvalue weighted by Crippen LogP contribution is -2.51. The molecule has 2 atom stereocenters. The van der Waals surface area contributed by atoms with Gasteiger partial charge in [0.1, 0.15) is 12.2 Å². The summed E-state index contributed by atoms with van der Waals surface area (Å²) >= 11 is 0. The summed E-state index contributed by atoms with van der Waals surface area (Å²) in [7, 11) is 2.02. The summed E-state index contributed by atoms with van der Waals surface area (Å²) in [5.74, 6) is -0.225. The van der Waals surface area contributed by atoms with E-state index in [1.54, 1.807) is 0 Å². The molecule has 0 spiro atoms. The second-order valence-electron chi connectivity index (χ2n) is 8.68. The Labute approximate surface area is 184 Å². The first-order valence-electron chi connectivity index (χ1n) is 10.9. The Morgan fingerprint density at radius 3 is 2.78 bits per heavy atom. The maximum atomic E-state index is 13.2. The molecule has 32 heavy (non-hydrogen) atoms. The third-order valence-corrected chi connectivity index (χ3v) is 6.82. The van der Waals surface area contributed by atoms with Crippen molar-refractivity contribution in [2.75, 3.05) is 23.8 Å². The molecular formula is C24H23N5O3. The van der Waals surface area contributed by atoms with Crippen molar-refractivity contribution >= 4 is 40.0 Å². The smallest absolute Gasteiger partial charge is 0.257 e. The van der Waals surface area contributed by atoms with Gasteiger partial charge in [0.05, 0.1) is 16.9 Å². The van der Waals surface area contributed by atoms with Crippen molar-refractivity contribution in [2.24, 2.45) is 0 Å². The minimum absolute atomic E-state index is 0.0552. The van der Waals surface area contributed by atoms with Crippen LogP contribution in [0.2, 0.25) is 0 Å². The SMILES string of the molecule is CN1c2ccccc2C(=O)N2CCc3c([nH]c4ccc(NC(=O)C5CCC(=O)N5)cc34)C21. The molecule has 2 unspecified atom stereocenters. The fourth-order valence-corrected chi connectivity index (χ4v) is 5.25. The molecule has 1 fully saturated rings. The number of aromatic amines is 1. The molecule has 1 saturated heterocycles. The van der Waals surface area contributed by atoms with Gasteiger partial charge in [0.2, 0.25) is 11.8 Å². The maximum absolute atomic E-state index is 13.2. The van der Waals surface area contributed by atoms with Crippen LogP contribution < -0.4 is 15.5 Å². The van der Waals surface area contributed by atoms with E-state index in [-0.39, 0.29) is 23.9 Å². The third kappa shape index (κ3) is 2.72. The number of para-hydroxylation sites is 1. The van der Waals surface area contributed by atoms with E-state index in [0.29, 0.717) is 25.1 Å². The van der Waals surface area contributed by atoms with Gasteiger partial charge in [-0.25, -0.2) is 0 Å². The zero-order chi connectivity index (χ0) is 22.0. The minimum atomic E-state index is -0.478. The maximum Gasteiger partial charge on any atom is 0.257 e. The van der Waals surface area contributed by atoms with Gasteiger partial charge < -0.3 is 25.4 Å². The molecule has 1 aromatic heterocycles. The molecule has 8 nitrogen and oxygen atoms in total. The molecule has 4 heterocycles. The molecule has 0 aliphatic carbocycles. The van der Waals surface area contributed by atoms with E-state index in [9.17, 15) is 14.4 Å². The number of benzene rings is 2. The van der Waals surface area contributed by atoms with Crippen molar-refractivity contribution in [1.82, 2.24) is 15.2 Å². The van der Waals surface area contributed by atoms with E-state index in [4.69, 9.17) is 0 Å². The molecule has 3 N–H and O–H groups in total. The highest BCUT2D eigenvalue weighted by Crippen LogP contribution is 2.43. The first kappa shape index (κ1) is 18.9. The van der Waals surface area contributed by atoms with Crippen LogP contribution in [-0.2, 0) is 16.0 Å². The molecule has 162 valence electrons. The van der Waals surface area contributed by atoms with Crippen LogP contribution in [0.15, 0.2) is 42.5 Å². The normalized spacial score (nSPS) is 21.8. The fraction of sp³-hybridized carbons (Fsp3) is 0.292. The van der Waals surface area contributed by atoms with E-state index >= 15 is 0 Å². The number of amides is 3. The van der Waals surface area contributed by atoms with Crippen molar-refractivity contribution < 1.29 is 14.4 Å². The lowest BCUT2D eigenvalue weighted by atomic mass is 9.96. The number of carbonyl (C=O) groups excluding carboxylic acids is 3. The molecular weight excluding hydrogens is 406 g/mol. The number of nitrogens with one attached hydrogen (secondary N) is 3. The van der Waals surface area contributed by atoms with Crippen LogP contribution in [0.25, 0.3) is 10.9 Å². The number of carbonyl (C=O) groups is 3. The first-order valence-corrected chi connectivity index (χ1v) is 10.9. The van der Waals surface area contributed by atoms with E-state index in [2.05, 4.69) is 20.5 Å². The fourth-order valence-electron chi connectivity index (χ4n) is 5.25. The van der Waals surface area contributed by atoms with Gasteiger partial charge >= 0.3 is 0 Å². The average molecular weight is 429 g/mol. The standard InChI is InChI=1S/C24H23N5O3/c1-28-19-5-3-2-4-15(19)24(32)29-11-10-14-16-12-13(6-7-17(16)27-21(14)23(28)29)25-22(31)18-8-9-20(30)26-18/h2-7,12,18,23,27H,8-11H2,1H3,(H,25,31)(H,26,30). The highest BCUT2D eigenvalue weighted by Gasteiger charge is 2.41. The molecule has 0 bridgehead atoms. The van der Waals surface area contributed by atoms with Gasteiger partial charge in [0, 0.05) is 36.6 Å². The molecule has 3 aliphatic rings. The first-order chi connectivity index (χ1) is 15.5. The van der Waals surface area contributed by atoms with Gasteiger partial charge in [-0.05, 0) is 48.7 Å². The topological polar surface area (TPSA) is 97.5 Å². The summed E-state index contributed by atoms with van der Waals surface area (Å²) in [4.78, 5) is 44.7. The van der Waals surface area contributed by atoms with Crippen LogP contribution in [0.5, 0.6) is 0 Å². The molecule has 3 aliphatic heterocycles. The second-order valence-corrected chi connectivity index (χ2v) is 8.68.